The third kappa shape index (κ3) is 3.21. The number of pyridine rings is 1. The Morgan fingerprint density at radius 1 is 1.48 bits per heavy atom. The highest BCUT2D eigenvalue weighted by Crippen LogP contribution is 2.16. The van der Waals surface area contributed by atoms with Crippen LogP contribution in [-0.2, 0) is 23.1 Å². The summed E-state index contributed by atoms with van der Waals surface area (Å²) in [7, 11) is 3.29. The van der Waals surface area contributed by atoms with Crippen LogP contribution < -0.4 is 5.32 Å². The zero-order chi connectivity index (χ0) is 15.6. The van der Waals surface area contributed by atoms with Crippen molar-refractivity contribution in [2.24, 2.45) is 13.0 Å². The molecule has 0 aromatic carbocycles. The minimum Gasteiger partial charge on any atom is -0.468 e. The summed E-state index contributed by atoms with van der Waals surface area (Å²) < 4.78 is 6.60. The molecule has 0 saturated heterocycles. The number of methoxy groups -OCH3 is 1. The monoisotopic (exact) mass is 290 g/mol. The van der Waals surface area contributed by atoms with E-state index in [9.17, 15) is 4.79 Å². The van der Waals surface area contributed by atoms with E-state index in [-0.39, 0.29) is 17.9 Å². The van der Waals surface area contributed by atoms with Gasteiger partial charge in [-0.25, -0.2) is 4.98 Å². The zero-order valence-electron chi connectivity index (χ0n) is 13.2. The van der Waals surface area contributed by atoms with Gasteiger partial charge in [0.15, 0.2) is 5.65 Å². The number of carbonyl (C=O) groups excluding carboxylic acids is 1. The van der Waals surface area contributed by atoms with Crippen LogP contribution in [0, 0.1) is 12.8 Å². The Morgan fingerprint density at radius 3 is 2.81 bits per heavy atom. The lowest BCUT2D eigenvalue weighted by atomic mass is 10.0. The number of aromatic nitrogens is 3. The topological polar surface area (TPSA) is 69.0 Å². The molecule has 0 radical (unpaired) electrons. The second-order valence-corrected chi connectivity index (χ2v) is 5.55. The maximum absolute atomic E-state index is 11.7. The van der Waals surface area contributed by atoms with Crippen LogP contribution in [0.1, 0.15) is 25.1 Å². The maximum Gasteiger partial charge on any atom is 0.323 e. The van der Waals surface area contributed by atoms with E-state index < -0.39 is 0 Å². The Bertz CT molecular complexity index is 648. The maximum atomic E-state index is 11.7. The van der Waals surface area contributed by atoms with Gasteiger partial charge in [-0.05, 0) is 24.5 Å². The fraction of sp³-hybridized carbons (Fsp3) is 0.533. The van der Waals surface area contributed by atoms with Crippen molar-refractivity contribution in [1.29, 1.82) is 0 Å². The number of nitrogens with zero attached hydrogens (tertiary/aromatic N) is 3. The number of fused-ring (bicyclic) bond motifs is 1. The number of hydrogen-bond donors (Lipinski definition) is 1. The van der Waals surface area contributed by atoms with Crippen molar-refractivity contribution in [3.05, 3.63) is 23.5 Å². The van der Waals surface area contributed by atoms with Crippen molar-refractivity contribution in [3.63, 3.8) is 0 Å². The van der Waals surface area contributed by atoms with E-state index in [4.69, 9.17) is 4.74 Å². The summed E-state index contributed by atoms with van der Waals surface area (Å²) >= 11 is 0. The van der Waals surface area contributed by atoms with Gasteiger partial charge in [-0.2, -0.15) is 5.10 Å². The van der Waals surface area contributed by atoms with Crippen LogP contribution in [0.5, 0.6) is 0 Å². The molecule has 2 aromatic heterocycles. The average Bonchev–Trinajstić information content (AvgIpc) is 2.73. The van der Waals surface area contributed by atoms with E-state index in [1.165, 1.54) is 7.11 Å². The van der Waals surface area contributed by atoms with Crippen LogP contribution in [0.15, 0.2) is 12.3 Å². The van der Waals surface area contributed by atoms with Gasteiger partial charge in [0.1, 0.15) is 6.04 Å². The smallest absolute Gasteiger partial charge is 0.323 e. The van der Waals surface area contributed by atoms with Gasteiger partial charge in [0.2, 0.25) is 0 Å². The number of aryl methyl sites for hydroxylation is 2. The predicted octanol–water partition coefficient (Wildman–Crippen LogP) is 1.56. The molecule has 6 nitrogen and oxygen atoms in total. The Kier molecular flexibility index (Phi) is 4.57. The Labute approximate surface area is 124 Å². The van der Waals surface area contributed by atoms with Gasteiger partial charge in [-0.3, -0.25) is 9.48 Å². The lowest BCUT2D eigenvalue weighted by Crippen LogP contribution is -2.41. The molecule has 0 fully saturated rings. The number of esters is 1. The van der Waals surface area contributed by atoms with E-state index in [1.54, 1.807) is 4.68 Å². The van der Waals surface area contributed by atoms with Crippen LogP contribution in [0.3, 0.4) is 0 Å². The normalized spacial score (nSPS) is 12.9. The first-order valence-corrected chi connectivity index (χ1v) is 7.03. The van der Waals surface area contributed by atoms with Crippen LogP contribution in [0.2, 0.25) is 0 Å². The first-order chi connectivity index (χ1) is 9.93. The molecule has 0 aliphatic heterocycles. The van der Waals surface area contributed by atoms with Gasteiger partial charge in [-0.15, -0.1) is 0 Å². The average molecular weight is 290 g/mol. The number of hydrogen-bond acceptors (Lipinski definition) is 5. The third-order valence-corrected chi connectivity index (χ3v) is 3.57. The lowest BCUT2D eigenvalue weighted by molar-refractivity contribution is -0.144. The van der Waals surface area contributed by atoms with Crippen LogP contribution in [0.25, 0.3) is 11.0 Å². The van der Waals surface area contributed by atoms with E-state index in [0.717, 1.165) is 22.3 Å². The largest absolute Gasteiger partial charge is 0.468 e. The molecule has 114 valence electrons. The molecule has 1 N–H and O–H groups in total. The highest BCUT2D eigenvalue weighted by atomic mass is 16.5. The Balaban J connectivity index is 2.16. The summed E-state index contributed by atoms with van der Waals surface area (Å²) in [5.74, 6) is -0.0779. The van der Waals surface area contributed by atoms with Crippen molar-refractivity contribution in [2.45, 2.75) is 33.4 Å². The lowest BCUT2D eigenvalue weighted by Gasteiger charge is -2.19. The number of ether oxygens (including phenoxy) is 1. The molecular weight excluding hydrogens is 268 g/mol. The summed E-state index contributed by atoms with van der Waals surface area (Å²) in [6.07, 6.45) is 1.81. The predicted molar refractivity (Wildman–Crippen MR) is 80.7 cm³/mol. The van der Waals surface area contributed by atoms with E-state index in [2.05, 4.69) is 21.5 Å². The quantitative estimate of drug-likeness (QED) is 0.846. The number of nitrogens with one attached hydrogen (secondary N) is 1. The van der Waals surface area contributed by atoms with Crippen LogP contribution >= 0.6 is 0 Å². The van der Waals surface area contributed by atoms with Gasteiger partial charge < -0.3 is 10.1 Å². The summed E-state index contributed by atoms with van der Waals surface area (Å²) in [4.78, 5) is 16.2. The second-order valence-electron chi connectivity index (χ2n) is 5.55. The third-order valence-electron chi connectivity index (χ3n) is 3.57. The van der Waals surface area contributed by atoms with Crippen molar-refractivity contribution < 1.29 is 9.53 Å². The fourth-order valence-corrected chi connectivity index (χ4v) is 2.39. The molecule has 0 aliphatic rings. The second kappa shape index (κ2) is 6.22. The summed E-state index contributed by atoms with van der Waals surface area (Å²) in [5.41, 5.74) is 2.84. The molecule has 0 saturated carbocycles. The molecular formula is C15H22N4O2. The van der Waals surface area contributed by atoms with Gasteiger partial charge in [0.05, 0.1) is 12.8 Å². The minimum atomic E-state index is -0.319. The van der Waals surface area contributed by atoms with Gasteiger partial charge in [-0.1, -0.05) is 13.8 Å². The molecule has 0 aliphatic carbocycles. The number of carbonyl (C=O) groups is 1. The fourth-order valence-electron chi connectivity index (χ4n) is 2.39. The molecule has 0 unspecified atom stereocenters. The Morgan fingerprint density at radius 2 is 2.19 bits per heavy atom. The summed E-state index contributed by atoms with van der Waals surface area (Å²) in [5, 5.41) is 8.63. The molecule has 6 heteroatoms. The summed E-state index contributed by atoms with van der Waals surface area (Å²) in [6.45, 7) is 6.50. The van der Waals surface area contributed by atoms with Crippen LogP contribution in [0.4, 0.5) is 0 Å². The summed E-state index contributed by atoms with van der Waals surface area (Å²) in [6, 6.07) is 1.74. The van der Waals surface area contributed by atoms with Crippen molar-refractivity contribution in [1.82, 2.24) is 20.1 Å². The van der Waals surface area contributed by atoms with E-state index in [1.807, 2.05) is 34.0 Å². The molecule has 0 amide bonds. The van der Waals surface area contributed by atoms with Crippen molar-refractivity contribution in [2.75, 3.05) is 7.11 Å². The first-order valence-electron chi connectivity index (χ1n) is 7.03. The van der Waals surface area contributed by atoms with Gasteiger partial charge in [0.25, 0.3) is 0 Å². The van der Waals surface area contributed by atoms with E-state index in [0.29, 0.717) is 6.54 Å². The molecule has 21 heavy (non-hydrogen) atoms. The SMILES string of the molecule is COC(=O)[C@@H](NCc1cnc2c(c1)c(C)nn2C)C(C)C. The number of rotatable bonds is 5. The van der Waals surface area contributed by atoms with Crippen LogP contribution in [-0.4, -0.2) is 33.9 Å². The van der Waals surface area contributed by atoms with E-state index >= 15 is 0 Å². The minimum absolute atomic E-state index is 0.161. The van der Waals surface area contributed by atoms with Gasteiger partial charge >= 0.3 is 5.97 Å². The van der Waals surface area contributed by atoms with Crippen molar-refractivity contribution >= 4 is 17.0 Å². The van der Waals surface area contributed by atoms with Gasteiger partial charge in [0, 0.05) is 25.2 Å². The highest BCUT2D eigenvalue weighted by molar-refractivity contribution is 5.78. The zero-order valence-corrected chi connectivity index (χ0v) is 13.2. The molecule has 0 bridgehead atoms. The molecule has 2 heterocycles. The molecule has 2 rings (SSSR count). The van der Waals surface area contributed by atoms with Crippen molar-refractivity contribution in [3.8, 4) is 0 Å². The first kappa shape index (κ1) is 15.4. The highest BCUT2D eigenvalue weighted by Gasteiger charge is 2.22. The molecule has 1 atom stereocenters. The Hall–Kier alpha value is -1.95. The standard InChI is InChI=1S/C15H22N4O2/c1-9(2)13(15(20)21-5)16-7-11-6-12-10(3)18-19(4)14(12)17-8-11/h6,8-9,13,16H,7H2,1-5H3/t13-/m0/s1. The molecule has 0 spiro atoms. The molecule has 2 aromatic rings.